The highest BCUT2D eigenvalue weighted by Crippen LogP contribution is 2.36. The van der Waals surface area contributed by atoms with Crippen LogP contribution >= 0.6 is 0 Å². The molecule has 2 aromatic rings. The Kier molecular flexibility index (Phi) is 3.19. The van der Waals surface area contributed by atoms with Gasteiger partial charge in [0.2, 0.25) is 8.32 Å². The Hall–Kier alpha value is -1.58. The van der Waals surface area contributed by atoms with Crippen LogP contribution in [0.5, 0.6) is 0 Å². The molecule has 20 heavy (non-hydrogen) atoms. The predicted molar refractivity (Wildman–Crippen MR) is 87.3 cm³/mol. The number of anilines is 1. The second kappa shape index (κ2) is 4.76. The molecule has 1 heterocycles. The van der Waals surface area contributed by atoms with Gasteiger partial charge < -0.3 is 9.33 Å². The van der Waals surface area contributed by atoms with E-state index in [0.717, 1.165) is 0 Å². The van der Waals surface area contributed by atoms with E-state index in [1.165, 1.54) is 22.0 Å². The fraction of sp³-hybridized carbons (Fsp3) is 0.294. The second-order valence-electron chi connectivity index (χ2n) is 6.08. The first-order chi connectivity index (χ1) is 9.49. The van der Waals surface area contributed by atoms with E-state index in [9.17, 15) is 0 Å². The summed E-state index contributed by atoms with van der Waals surface area (Å²) in [4.78, 5) is 2.13. The van der Waals surface area contributed by atoms with Gasteiger partial charge in [-0.15, -0.1) is 0 Å². The Morgan fingerprint density at radius 3 is 2.50 bits per heavy atom. The zero-order valence-corrected chi connectivity index (χ0v) is 13.6. The maximum atomic E-state index is 6.46. The zero-order chi connectivity index (χ0) is 14.3. The van der Waals surface area contributed by atoms with Crippen LogP contribution in [0.15, 0.2) is 48.5 Å². The van der Waals surface area contributed by atoms with E-state index in [1.807, 2.05) is 0 Å². The van der Waals surface area contributed by atoms with Gasteiger partial charge in [0.15, 0.2) is 0 Å². The average molecular weight is 283 g/mol. The Morgan fingerprint density at radius 1 is 1.00 bits per heavy atom. The lowest BCUT2D eigenvalue weighted by molar-refractivity contribution is 0.259. The molecule has 0 aliphatic carbocycles. The van der Waals surface area contributed by atoms with Crippen LogP contribution < -0.4 is 10.1 Å². The molecule has 0 saturated heterocycles. The topological polar surface area (TPSA) is 12.5 Å². The molecule has 2 nitrogen and oxygen atoms in total. The SMILES string of the molecule is CN(C)c1cccc(C2O[Si](C)(C)c3ccccc32)c1. The molecule has 1 aliphatic heterocycles. The minimum Gasteiger partial charge on any atom is -0.402 e. The van der Waals surface area contributed by atoms with Crippen molar-refractivity contribution in [1.82, 2.24) is 0 Å². The zero-order valence-electron chi connectivity index (χ0n) is 12.6. The summed E-state index contributed by atoms with van der Waals surface area (Å²) in [6.45, 7) is 4.56. The van der Waals surface area contributed by atoms with E-state index in [-0.39, 0.29) is 6.10 Å². The van der Waals surface area contributed by atoms with E-state index in [1.54, 1.807) is 0 Å². The maximum absolute atomic E-state index is 6.46. The first kappa shape index (κ1) is 13.4. The van der Waals surface area contributed by atoms with Crippen molar-refractivity contribution in [3.05, 3.63) is 59.7 Å². The Bertz CT molecular complexity index is 636. The van der Waals surface area contributed by atoms with Gasteiger partial charge in [-0.2, -0.15) is 0 Å². The Labute approximate surface area is 122 Å². The smallest absolute Gasteiger partial charge is 0.219 e. The third kappa shape index (κ3) is 2.17. The molecule has 0 fully saturated rings. The maximum Gasteiger partial charge on any atom is 0.219 e. The molecule has 0 bridgehead atoms. The normalized spacial score (nSPS) is 19.7. The highest BCUT2D eigenvalue weighted by Gasteiger charge is 2.40. The van der Waals surface area contributed by atoms with Gasteiger partial charge in [0, 0.05) is 19.8 Å². The number of fused-ring (bicyclic) bond motifs is 1. The molecule has 0 amide bonds. The molecule has 0 N–H and O–H groups in total. The molecule has 1 atom stereocenters. The molecule has 0 saturated carbocycles. The summed E-state index contributed by atoms with van der Waals surface area (Å²) in [6, 6.07) is 17.3. The lowest BCUT2D eigenvalue weighted by Crippen LogP contribution is -2.39. The molecule has 1 unspecified atom stereocenters. The first-order valence-corrected chi connectivity index (χ1v) is 9.94. The third-order valence-corrected chi connectivity index (χ3v) is 6.57. The van der Waals surface area contributed by atoms with Gasteiger partial charge in [0.1, 0.15) is 0 Å². The van der Waals surface area contributed by atoms with Crippen LogP contribution in [-0.4, -0.2) is 22.4 Å². The van der Waals surface area contributed by atoms with E-state index in [0.29, 0.717) is 0 Å². The molecule has 3 heteroatoms. The molecule has 0 spiro atoms. The van der Waals surface area contributed by atoms with Crippen LogP contribution in [0.2, 0.25) is 13.1 Å². The van der Waals surface area contributed by atoms with Gasteiger partial charge in [-0.3, -0.25) is 0 Å². The number of benzene rings is 2. The average Bonchev–Trinajstić information content (AvgIpc) is 2.72. The molecule has 3 rings (SSSR count). The molecule has 0 radical (unpaired) electrons. The van der Waals surface area contributed by atoms with Crippen molar-refractivity contribution in [3.63, 3.8) is 0 Å². The van der Waals surface area contributed by atoms with Crippen LogP contribution in [0.1, 0.15) is 17.2 Å². The molecule has 1 aliphatic rings. The Balaban J connectivity index is 2.07. The van der Waals surface area contributed by atoms with Crippen molar-refractivity contribution in [2.24, 2.45) is 0 Å². The van der Waals surface area contributed by atoms with E-state index in [2.05, 4.69) is 80.6 Å². The van der Waals surface area contributed by atoms with Crippen molar-refractivity contribution in [2.45, 2.75) is 19.2 Å². The quantitative estimate of drug-likeness (QED) is 0.784. The molecular formula is C17H21NOSi. The van der Waals surface area contributed by atoms with Gasteiger partial charge in [0.05, 0.1) is 6.10 Å². The van der Waals surface area contributed by atoms with Crippen LogP contribution in [0.25, 0.3) is 0 Å². The lowest BCUT2D eigenvalue weighted by Gasteiger charge is -2.20. The fourth-order valence-electron chi connectivity index (χ4n) is 2.91. The lowest BCUT2D eigenvalue weighted by atomic mass is 10.0. The summed E-state index contributed by atoms with van der Waals surface area (Å²) in [5.74, 6) is 0. The predicted octanol–water partition coefficient (Wildman–Crippen LogP) is 3.28. The van der Waals surface area contributed by atoms with Gasteiger partial charge >= 0.3 is 0 Å². The standard InChI is InChI=1S/C17H21NOSi/c1-18(2)14-9-7-8-13(12-14)17-15-10-5-6-11-16(15)20(3,4)19-17/h5-12,17H,1-4H3. The summed E-state index contributed by atoms with van der Waals surface area (Å²) < 4.78 is 6.46. The number of rotatable bonds is 2. The van der Waals surface area contributed by atoms with Crippen molar-refractivity contribution in [1.29, 1.82) is 0 Å². The van der Waals surface area contributed by atoms with Gasteiger partial charge in [-0.05, 0) is 41.5 Å². The van der Waals surface area contributed by atoms with Gasteiger partial charge in [0.25, 0.3) is 0 Å². The highest BCUT2D eigenvalue weighted by atomic mass is 28.4. The van der Waals surface area contributed by atoms with Crippen LogP contribution in [0.4, 0.5) is 5.69 Å². The number of nitrogens with zero attached hydrogens (tertiary/aromatic N) is 1. The fourth-order valence-corrected chi connectivity index (χ4v) is 5.30. The van der Waals surface area contributed by atoms with Crippen molar-refractivity contribution < 1.29 is 4.43 Å². The van der Waals surface area contributed by atoms with Crippen molar-refractivity contribution in [2.75, 3.05) is 19.0 Å². The van der Waals surface area contributed by atoms with Crippen LogP contribution in [0, 0.1) is 0 Å². The number of hydrogen-bond donors (Lipinski definition) is 0. The monoisotopic (exact) mass is 283 g/mol. The largest absolute Gasteiger partial charge is 0.402 e. The summed E-state index contributed by atoms with van der Waals surface area (Å²) in [7, 11) is 2.38. The van der Waals surface area contributed by atoms with E-state index >= 15 is 0 Å². The summed E-state index contributed by atoms with van der Waals surface area (Å²) in [6.07, 6.45) is 0.0905. The van der Waals surface area contributed by atoms with Gasteiger partial charge in [-0.25, -0.2) is 0 Å². The molecule has 104 valence electrons. The second-order valence-corrected chi connectivity index (χ2v) is 9.88. The molecule has 0 aromatic heterocycles. The van der Waals surface area contributed by atoms with Crippen LogP contribution in [0.3, 0.4) is 0 Å². The summed E-state index contributed by atoms with van der Waals surface area (Å²) in [5.41, 5.74) is 3.82. The minimum absolute atomic E-state index is 0.0905. The summed E-state index contributed by atoms with van der Waals surface area (Å²) in [5, 5.41) is 1.43. The van der Waals surface area contributed by atoms with Crippen LogP contribution in [-0.2, 0) is 4.43 Å². The first-order valence-electron chi connectivity index (χ1n) is 7.03. The van der Waals surface area contributed by atoms with E-state index in [4.69, 9.17) is 4.43 Å². The molecule has 2 aromatic carbocycles. The third-order valence-electron chi connectivity index (χ3n) is 3.99. The molecular weight excluding hydrogens is 262 g/mol. The Morgan fingerprint density at radius 2 is 1.75 bits per heavy atom. The minimum atomic E-state index is -1.76. The van der Waals surface area contributed by atoms with Gasteiger partial charge in [-0.1, -0.05) is 36.4 Å². The van der Waals surface area contributed by atoms with E-state index < -0.39 is 8.32 Å². The van der Waals surface area contributed by atoms with Crippen molar-refractivity contribution >= 4 is 19.2 Å². The highest BCUT2D eigenvalue weighted by molar-refractivity contribution is 6.85. The van der Waals surface area contributed by atoms with Crippen molar-refractivity contribution in [3.8, 4) is 0 Å². The number of hydrogen-bond acceptors (Lipinski definition) is 2. The summed E-state index contributed by atoms with van der Waals surface area (Å²) >= 11 is 0.